The molecule has 0 amide bonds. The molecule has 1 aromatic carbocycles. The fourth-order valence-electron chi connectivity index (χ4n) is 2.85. The average molecular weight is 299 g/mol. The van der Waals surface area contributed by atoms with Crippen LogP contribution in [0.1, 0.15) is 45.1 Å². The fraction of sp³-hybridized carbons (Fsp3) is 0.421. The number of methoxy groups -OCH3 is 1. The molecular weight excluding hydrogens is 274 g/mol. The van der Waals surface area contributed by atoms with Crippen molar-refractivity contribution in [1.82, 2.24) is 5.32 Å². The number of hydrogen-bond acceptors (Lipinski definition) is 3. The molecule has 0 heterocycles. The van der Waals surface area contributed by atoms with E-state index in [1.807, 2.05) is 31.2 Å². The third-order valence-electron chi connectivity index (χ3n) is 4.42. The number of rotatable bonds is 6. The van der Waals surface area contributed by atoms with Gasteiger partial charge in [0.05, 0.1) is 12.8 Å². The van der Waals surface area contributed by atoms with Gasteiger partial charge in [-0.15, -0.1) is 0 Å². The molecule has 0 bridgehead atoms. The topological polar surface area (TPSA) is 38.3 Å². The lowest BCUT2D eigenvalue weighted by atomic mass is 10.0. The Kier molecular flexibility index (Phi) is 5.42. The van der Waals surface area contributed by atoms with E-state index in [4.69, 9.17) is 4.74 Å². The van der Waals surface area contributed by atoms with Crippen LogP contribution in [0.5, 0.6) is 5.75 Å². The summed E-state index contributed by atoms with van der Waals surface area (Å²) >= 11 is 0. The minimum Gasteiger partial charge on any atom is -0.497 e. The molecule has 2 rings (SSSR count). The van der Waals surface area contributed by atoms with Crippen LogP contribution in [0, 0.1) is 5.92 Å². The third-order valence-corrected chi connectivity index (χ3v) is 4.42. The molecule has 0 aliphatic heterocycles. The molecule has 1 aliphatic carbocycles. The normalized spacial score (nSPS) is 16.1. The number of allylic oxidation sites excluding steroid dienone is 2. The van der Waals surface area contributed by atoms with Gasteiger partial charge in [-0.2, -0.15) is 0 Å². The monoisotopic (exact) mass is 299 g/mol. The van der Waals surface area contributed by atoms with E-state index < -0.39 is 0 Å². The van der Waals surface area contributed by atoms with Crippen LogP contribution in [0.4, 0.5) is 0 Å². The second kappa shape index (κ2) is 7.30. The molecule has 1 aliphatic rings. The molecule has 0 spiro atoms. The second-order valence-corrected chi connectivity index (χ2v) is 5.92. The van der Waals surface area contributed by atoms with E-state index >= 15 is 0 Å². The maximum Gasteiger partial charge on any atom is 0.157 e. The highest BCUT2D eigenvalue weighted by molar-refractivity contribution is 6.00. The average Bonchev–Trinajstić information content (AvgIpc) is 3.06. The van der Waals surface area contributed by atoms with Crippen LogP contribution in [0.25, 0.3) is 5.70 Å². The highest BCUT2D eigenvalue weighted by Gasteiger charge is 2.20. The summed E-state index contributed by atoms with van der Waals surface area (Å²) in [4.78, 5) is 11.8. The first-order valence-corrected chi connectivity index (χ1v) is 7.85. The zero-order valence-electron chi connectivity index (χ0n) is 13.7. The lowest BCUT2D eigenvalue weighted by Crippen LogP contribution is -2.19. The van der Waals surface area contributed by atoms with Gasteiger partial charge in [0, 0.05) is 11.3 Å². The summed E-state index contributed by atoms with van der Waals surface area (Å²) in [7, 11) is 1.65. The Morgan fingerprint density at radius 1 is 1.18 bits per heavy atom. The largest absolute Gasteiger partial charge is 0.497 e. The Hall–Kier alpha value is -2.03. The van der Waals surface area contributed by atoms with Crippen LogP contribution < -0.4 is 10.1 Å². The molecule has 22 heavy (non-hydrogen) atoms. The van der Waals surface area contributed by atoms with Crippen molar-refractivity contribution in [2.24, 2.45) is 5.92 Å². The van der Waals surface area contributed by atoms with Gasteiger partial charge in [-0.25, -0.2) is 0 Å². The van der Waals surface area contributed by atoms with Gasteiger partial charge in [-0.1, -0.05) is 19.4 Å². The van der Waals surface area contributed by atoms with Crippen LogP contribution in [0.15, 0.2) is 42.1 Å². The van der Waals surface area contributed by atoms with E-state index in [2.05, 4.69) is 11.9 Å². The number of hydrogen-bond donors (Lipinski definition) is 1. The van der Waals surface area contributed by atoms with Crippen LogP contribution in [-0.2, 0) is 4.79 Å². The molecule has 0 radical (unpaired) electrons. The van der Waals surface area contributed by atoms with Crippen molar-refractivity contribution in [3.05, 3.63) is 47.7 Å². The van der Waals surface area contributed by atoms with E-state index in [9.17, 15) is 4.79 Å². The summed E-state index contributed by atoms with van der Waals surface area (Å²) < 4.78 is 5.20. The number of ether oxygens (including phenoxy) is 1. The van der Waals surface area contributed by atoms with E-state index in [1.165, 1.54) is 25.7 Å². The van der Waals surface area contributed by atoms with Crippen molar-refractivity contribution in [1.29, 1.82) is 0 Å². The van der Waals surface area contributed by atoms with Gasteiger partial charge in [-0.3, -0.25) is 4.79 Å². The quantitative estimate of drug-likeness (QED) is 0.796. The summed E-state index contributed by atoms with van der Waals surface area (Å²) in [6.45, 7) is 7.65. The van der Waals surface area contributed by atoms with Crippen molar-refractivity contribution in [2.75, 3.05) is 7.11 Å². The summed E-state index contributed by atoms with van der Waals surface area (Å²) in [6, 6.07) is 7.75. The highest BCUT2D eigenvalue weighted by atomic mass is 16.5. The molecule has 1 fully saturated rings. The Morgan fingerprint density at radius 3 is 2.27 bits per heavy atom. The van der Waals surface area contributed by atoms with Gasteiger partial charge in [0.2, 0.25) is 0 Å². The molecule has 3 heteroatoms. The lowest BCUT2D eigenvalue weighted by molar-refractivity contribution is -0.113. The van der Waals surface area contributed by atoms with Gasteiger partial charge in [0.15, 0.2) is 5.78 Å². The lowest BCUT2D eigenvalue weighted by Gasteiger charge is -2.20. The third kappa shape index (κ3) is 3.79. The van der Waals surface area contributed by atoms with E-state index in [1.54, 1.807) is 14.0 Å². The molecule has 1 N–H and O–H groups in total. The zero-order chi connectivity index (χ0) is 16.1. The first-order valence-electron chi connectivity index (χ1n) is 7.85. The van der Waals surface area contributed by atoms with Crippen LogP contribution in [-0.4, -0.2) is 12.9 Å². The summed E-state index contributed by atoms with van der Waals surface area (Å²) in [6.07, 6.45) is 4.89. The molecule has 0 aromatic heterocycles. The minimum absolute atomic E-state index is 0.0672. The number of benzene rings is 1. The number of nitrogens with one attached hydrogen (secondary N) is 1. The SMILES string of the molecule is C=C(N/C(=C(\C)C(C)=O)c1ccc(OC)cc1)C1CCCC1. The van der Waals surface area contributed by atoms with Gasteiger partial charge >= 0.3 is 0 Å². The standard InChI is InChI=1S/C19H25NO2/c1-13(15(3)21)19(17-9-11-18(22-4)12-10-17)20-14(2)16-7-5-6-8-16/h9-12,16,20H,2,5-8H2,1,3-4H3/b19-13+. The van der Waals surface area contributed by atoms with Crippen molar-refractivity contribution in [2.45, 2.75) is 39.5 Å². The van der Waals surface area contributed by atoms with E-state index in [-0.39, 0.29) is 5.78 Å². The maximum atomic E-state index is 11.8. The van der Waals surface area contributed by atoms with Gasteiger partial charge in [0.1, 0.15) is 5.75 Å². The summed E-state index contributed by atoms with van der Waals surface area (Å²) in [5.74, 6) is 1.38. The van der Waals surface area contributed by atoms with E-state index in [0.29, 0.717) is 5.92 Å². The number of ketones is 1. The Morgan fingerprint density at radius 2 is 1.77 bits per heavy atom. The first-order chi connectivity index (χ1) is 10.5. The molecule has 0 saturated heterocycles. The van der Waals surface area contributed by atoms with E-state index in [0.717, 1.165) is 28.3 Å². The molecule has 0 unspecified atom stereocenters. The smallest absolute Gasteiger partial charge is 0.157 e. The number of carbonyl (C=O) groups excluding carboxylic acids is 1. The Balaban J connectivity index is 2.28. The molecule has 3 nitrogen and oxygen atoms in total. The van der Waals surface area contributed by atoms with Crippen molar-refractivity contribution < 1.29 is 9.53 Å². The van der Waals surface area contributed by atoms with Gasteiger partial charge < -0.3 is 10.1 Å². The van der Waals surface area contributed by atoms with Crippen LogP contribution >= 0.6 is 0 Å². The maximum absolute atomic E-state index is 11.8. The fourth-order valence-corrected chi connectivity index (χ4v) is 2.85. The summed E-state index contributed by atoms with van der Waals surface area (Å²) in [5, 5.41) is 3.42. The molecule has 0 atom stereocenters. The minimum atomic E-state index is 0.0672. The van der Waals surface area contributed by atoms with Crippen molar-refractivity contribution in [3.63, 3.8) is 0 Å². The molecule has 118 valence electrons. The zero-order valence-corrected chi connectivity index (χ0v) is 13.7. The second-order valence-electron chi connectivity index (χ2n) is 5.92. The molecular formula is C19H25NO2. The highest BCUT2D eigenvalue weighted by Crippen LogP contribution is 2.31. The molecule has 1 saturated carbocycles. The Labute approximate surface area is 133 Å². The number of Topliss-reactive ketones (excluding diaryl/α,β-unsaturated/α-hetero) is 1. The Bertz CT molecular complexity index is 578. The van der Waals surface area contributed by atoms with Crippen LogP contribution in [0.3, 0.4) is 0 Å². The predicted molar refractivity (Wildman–Crippen MR) is 90.5 cm³/mol. The number of carbonyl (C=O) groups is 1. The predicted octanol–water partition coefficient (Wildman–Crippen LogP) is 4.31. The first kappa shape index (κ1) is 16.3. The van der Waals surface area contributed by atoms with Crippen LogP contribution in [0.2, 0.25) is 0 Å². The van der Waals surface area contributed by atoms with Crippen molar-refractivity contribution in [3.8, 4) is 5.75 Å². The summed E-state index contributed by atoms with van der Waals surface area (Å²) in [5.41, 5.74) is 3.58. The van der Waals surface area contributed by atoms with Gasteiger partial charge in [0.25, 0.3) is 0 Å². The van der Waals surface area contributed by atoms with Gasteiger partial charge in [-0.05, 0) is 62.4 Å². The van der Waals surface area contributed by atoms with Crippen molar-refractivity contribution >= 4 is 11.5 Å². The molecule has 1 aromatic rings.